The van der Waals surface area contributed by atoms with Gasteiger partial charge in [-0.2, -0.15) is 0 Å². The molecule has 1 saturated heterocycles. The minimum atomic E-state index is -2.62. The molecule has 1 aromatic rings. The zero-order valence-electron chi connectivity index (χ0n) is 21.5. The maximum absolute atomic E-state index is 13.4. The number of esters is 2. The number of ether oxygens (including phenoxy) is 2. The third-order valence-electron chi connectivity index (χ3n) is 9.78. The van der Waals surface area contributed by atoms with E-state index in [0.29, 0.717) is 12.0 Å². The Labute approximate surface area is 216 Å². The van der Waals surface area contributed by atoms with Gasteiger partial charge < -0.3 is 24.8 Å². The fourth-order valence-corrected chi connectivity index (χ4v) is 8.25. The predicted octanol–water partition coefficient (Wildman–Crippen LogP) is 2.41. The van der Waals surface area contributed by atoms with Crippen molar-refractivity contribution in [3.63, 3.8) is 0 Å². The standard InChI is InChI=1S/C29H34O8/c1-15-12-20(30)25(37-22(31)11-10-17-8-6-5-7-9-17)28(4)18(15)13-21-27(3)19(14-23(32)36-21)16(2)24(33)29(34,35)26(27)28/h5-12,16,18-19,21,24-26,33-35H,13-14H2,1-4H3/b11-10+/t16-,18+,19?,21?,24-,25-,26+,27?,28?/m1/s1. The Hall–Kier alpha value is -2.81. The molecule has 3 aliphatic carbocycles. The van der Waals surface area contributed by atoms with E-state index in [4.69, 9.17) is 9.47 Å². The molecule has 2 saturated carbocycles. The van der Waals surface area contributed by atoms with Crippen molar-refractivity contribution >= 4 is 23.8 Å². The SMILES string of the molecule is CC1=CC(=O)[C@@H](OC(=O)/C=C/c2ccccc2)C2(C)[C@@H]3C4(C)C(C[C@@H]12)OC(=O)CC4[C@@H](C)[C@@H](O)C3(O)O. The van der Waals surface area contributed by atoms with E-state index in [1.54, 1.807) is 26.8 Å². The van der Waals surface area contributed by atoms with Crippen LogP contribution in [-0.4, -0.2) is 57.1 Å². The Morgan fingerprint density at radius 3 is 2.49 bits per heavy atom. The van der Waals surface area contributed by atoms with Crippen LogP contribution in [0.4, 0.5) is 0 Å². The van der Waals surface area contributed by atoms with Crippen LogP contribution in [0.15, 0.2) is 48.1 Å². The molecular formula is C29H34O8. The normalized spacial score (nSPS) is 42.4. The molecular weight excluding hydrogens is 476 g/mol. The number of carbonyl (C=O) groups excluding carboxylic acids is 3. The Bertz CT molecular complexity index is 1190. The van der Waals surface area contributed by atoms with Crippen LogP contribution in [0.5, 0.6) is 0 Å². The van der Waals surface area contributed by atoms with Gasteiger partial charge in [-0.3, -0.25) is 9.59 Å². The van der Waals surface area contributed by atoms with Crippen molar-refractivity contribution in [2.24, 2.45) is 34.5 Å². The van der Waals surface area contributed by atoms with Gasteiger partial charge in [-0.1, -0.05) is 56.7 Å². The summed E-state index contributed by atoms with van der Waals surface area (Å²) in [7, 11) is 0. The molecule has 0 spiro atoms. The lowest BCUT2D eigenvalue weighted by atomic mass is 9.37. The van der Waals surface area contributed by atoms with Gasteiger partial charge in [-0.15, -0.1) is 0 Å². The summed E-state index contributed by atoms with van der Waals surface area (Å²) < 4.78 is 11.6. The quantitative estimate of drug-likeness (QED) is 0.321. The molecule has 5 rings (SSSR count). The van der Waals surface area contributed by atoms with Gasteiger partial charge in [0.15, 0.2) is 17.7 Å². The third kappa shape index (κ3) is 3.64. The van der Waals surface area contributed by atoms with Crippen LogP contribution < -0.4 is 0 Å². The molecule has 8 nitrogen and oxygen atoms in total. The lowest BCUT2D eigenvalue weighted by Crippen LogP contribution is -2.78. The van der Waals surface area contributed by atoms with E-state index >= 15 is 0 Å². The van der Waals surface area contributed by atoms with Gasteiger partial charge in [0.1, 0.15) is 12.2 Å². The van der Waals surface area contributed by atoms with E-state index in [1.807, 2.05) is 37.3 Å². The van der Waals surface area contributed by atoms with Crippen LogP contribution in [0.3, 0.4) is 0 Å². The monoisotopic (exact) mass is 510 g/mol. The summed E-state index contributed by atoms with van der Waals surface area (Å²) in [4.78, 5) is 39.0. The number of aliphatic hydroxyl groups is 3. The van der Waals surface area contributed by atoms with E-state index in [9.17, 15) is 29.7 Å². The highest BCUT2D eigenvalue weighted by atomic mass is 16.6. The number of benzene rings is 1. The Balaban J connectivity index is 1.60. The minimum absolute atomic E-state index is 0.0194. The topological polar surface area (TPSA) is 130 Å². The van der Waals surface area contributed by atoms with Crippen LogP contribution in [-0.2, 0) is 23.9 Å². The van der Waals surface area contributed by atoms with Crippen molar-refractivity contribution in [1.29, 1.82) is 0 Å². The molecule has 37 heavy (non-hydrogen) atoms. The van der Waals surface area contributed by atoms with Crippen molar-refractivity contribution in [2.75, 3.05) is 0 Å². The number of hydrogen-bond acceptors (Lipinski definition) is 8. The van der Waals surface area contributed by atoms with Gasteiger partial charge in [0.05, 0.1) is 0 Å². The number of fused-ring (bicyclic) bond motifs is 2. The van der Waals surface area contributed by atoms with Gasteiger partial charge in [0.2, 0.25) is 0 Å². The summed E-state index contributed by atoms with van der Waals surface area (Å²) in [6.45, 7) is 7.05. The number of carbonyl (C=O) groups is 3. The van der Waals surface area contributed by atoms with Crippen LogP contribution in [0.1, 0.15) is 46.1 Å². The molecule has 4 aliphatic rings. The summed E-state index contributed by atoms with van der Waals surface area (Å²) in [5.74, 6) is -6.83. The molecule has 8 heteroatoms. The molecule has 9 atom stereocenters. The molecule has 0 amide bonds. The molecule has 0 radical (unpaired) electrons. The highest BCUT2D eigenvalue weighted by Gasteiger charge is 2.77. The first-order valence-corrected chi connectivity index (χ1v) is 12.8. The Kier molecular flexibility index (Phi) is 6.01. The average molecular weight is 511 g/mol. The molecule has 198 valence electrons. The van der Waals surface area contributed by atoms with Gasteiger partial charge in [-0.05, 0) is 48.8 Å². The molecule has 1 heterocycles. The summed E-state index contributed by atoms with van der Waals surface area (Å²) >= 11 is 0. The zero-order chi connectivity index (χ0) is 26.9. The maximum Gasteiger partial charge on any atom is 0.331 e. The van der Waals surface area contributed by atoms with Crippen LogP contribution in [0, 0.1) is 34.5 Å². The molecule has 3 fully saturated rings. The van der Waals surface area contributed by atoms with Gasteiger partial charge in [0.25, 0.3) is 0 Å². The van der Waals surface area contributed by atoms with Gasteiger partial charge in [0, 0.05) is 29.2 Å². The second-order valence-corrected chi connectivity index (χ2v) is 11.7. The molecule has 1 aliphatic heterocycles. The first-order valence-electron chi connectivity index (χ1n) is 12.8. The molecule has 0 aromatic heterocycles. The number of rotatable bonds is 3. The predicted molar refractivity (Wildman–Crippen MR) is 132 cm³/mol. The molecule has 1 aromatic carbocycles. The van der Waals surface area contributed by atoms with E-state index in [1.165, 1.54) is 12.2 Å². The van der Waals surface area contributed by atoms with Crippen molar-refractivity contribution in [2.45, 2.75) is 64.6 Å². The highest BCUT2D eigenvalue weighted by molar-refractivity contribution is 5.98. The van der Waals surface area contributed by atoms with Gasteiger partial charge in [-0.25, -0.2) is 4.79 Å². The summed E-state index contributed by atoms with van der Waals surface area (Å²) in [5, 5.41) is 34.2. The largest absolute Gasteiger partial charge is 0.462 e. The van der Waals surface area contributed by atoms with Crippen LogP contribution >= 0.6 is 0 Å². The number of hydrogen-bond donors (Lipinski definition) is 3. The summed E-state index contributed by atoms with van der Waals surface area (Å²) in [6.07, 6.45) is 1.06. The first-order chi connectivity index (χ1) is 17.3. The lowest BCUT2D eigenvalue weighted by Gasteiger charge is -2.70. The Morgan fingerprint density at radius 1 is 1.14 bits per heavy atom. The van der Waals surface area contributed by atoms with Crippen LogP contribution in [0.25, 0.3) is 6.08 Å². The van der Waals surface area contributed by atoms with Crippen LogP contribution in [0.2, 0.25) is 0 Å². The van der Waals surface area contributed by atoms with E-state index < -0.39 is 70.4 Å². The second kappa shape index (κ2) is 8.61. The number of aliphatic hydroxyl groups excluding tert-OH is 1. The smallest absolute Gasteiger partial charge is 0.331 e. The fraction of sp³-hybridized carbons (Fsp3) is 0.552. The first kappa shape index (κ1) is 25.8. The zero-order valence-corrected chi connectivity index (χ0v) is 21.5. The summed E-state index contributed by atoms with van der Waals surface area (Å²) in [6, 6.07) is 9.16. The third-order valence-corrected chi connectivity index (χ3v) is 9.78. The summed E-state index contributed by atoms with van der Waals surface area (Å²) in [5.41, 5.74) is -0.805. The molecule has 3 N–H and O–H groups in total. The number of ketones is 1. The van der Waals surface area contributed by atoms with Crippen molar-refractivity contribution in [3.05, 3.63) is 53.6 Å². The second-order valence-electron chi connectivity index (χ2n) is 11.7. The highest BCUT2D eigenvalue weighted by Crippen LogP contribution is 2.70. The van der Waals surface area contributed by atoms with E-state index in [-0.39, 0.29) is 12.4 Å². The van der Waals surface area contributed by atoms with E-state index in [0.717, 1.165) is 5.56 Å². The minimum Gasteiger partial charge on any atom is -0.462 e. The molecule has 0 bridgehead atoms. The maximum atomic E-state index is 13.4. The van der Waals surface area contributed by atoms with Crippen molar-refractivity contribution < 1.29 is 39.2 Å². The number of allylic oxidation sites excluding steroid dienone is 1. The van der Waals surface area contributed by atoms with E-state index in [2.05, 4.69) is 0 Å². The van der Waals surface area contributed by atoms with Crippen molar-refractivity contribution in [1.82, 2.24) is 0 Å². The van der Waals surface area contributed by atoms with Crippen molar-refractivity contribution in [3.8, 4) is 0 Å². The average Bonchev–Trinajstić information content (AvgIpc) is 2.83. The molecule has 4 unspecified atom stereocenters. The fourth-order valence-electron chi connectivity index (χ4n) is 8.25. The Morgan fingerprint density at radius 2 is 1.81 bits per heavy atom. The van der Waals surface area contributed by atoms with Gasteiger partial charge >= 0.3 is 11.9 Å². The lowest BCUT2D eigenvalue weighted by molar-refractivity contribution is -0.382.